The van der Waals surface area contributed by atoms with Crippen LogP contribution in [0.5, 0.6) is 0 Å². The Morgan fingerprint density at radius 1 is 1.00 bits per heavy atom. The van der Waals surface area contributed by atoms with Crippen molar-refractivity contribution >= 4 is 11.5 Å². The molecule has 0 spiro atoms. The number of aromatic nitrogens is 2. The number of rotatable bonds is 2. The molecule has 1 aromatic carbocycles. The zero-order chi connectivity index (χ0) is 14.0. The van der Waals surface area contributed by atoms with Gasteiger partial charge in [0, 0.05) is 11.8 Å². The zero-order valence-corrected chi connectivity index (χ0v) is 11.6. The Balaban J connectivity index is 2.42. The van der Waals surface area contributed by atoms with Crippen LogP contribution in [0.2, 0.25) is 0 Å². The molecule has 2 rings (SSSR count). The Hall–Kier alpha value is -2.41. The van der Waals surface area contributed by atoms with Gasteiger partial charge in [0.2, 0.25) is 0 Å². The van der Waals surface area contributed by atoms with E-state index >= 15 is 0 Å². The number of benzene rings is 1. The van der Waals surface area contributed by atoms with E-state index in [9.17, 15) is 0 Å². The van der Waals surface area contributed by atoms with Crippen LogP contribution >= 0.6 is 0 Å². The SMILES string of the molecule is Cc1cc(C)c(Nc2cc(C#N)nc(C)n2)c(C)c1. The number of nitrogens with one attached hydrogen (secondary N) is 1. The molecule has 4 heteroatoms. The molecule has 0 radical (unpaired) electrons. The zero-order valence-electron chi connectivity index (χ0n) is 11.6. The largest absolute Gasteiger partial charge is 0.340 e. The lowest BCUT2D eigenvalue weighted by atomic mass is 10.1. The van der Waals surface area contributed by atoms with Gasteiger partial charge in [-0.05, 0) is 38.8 Å². The molecule has 0 aliphatic rings. The van der Waals surface area contributed by atoms with E-state index in [2.05, 4.69) is 48.2 Å². The Kier molecular flexibility index (Phi) is 3.48. The summed E-state index contributed by atoms with van der Waals surface area (Å²) in [6, 6.07) is 7.94. The average Bonchev–Trinajstić information content (AvgIpc) is 2.33. The summed E-state index contributed by atoms with van der Waals surface area (Å²) in [5, 5.41) is 12.2. The molecule has 0 saturated carbocycles. The van der Waals surface area contributed by atoms with Crippen molar-refractivity contribution in [2.75, 3.05) is 5.32 Å². The van der Waals surface area contributed by atoms with Crippen LogP contribution in [0.4, 0.5) is 11.5 Å². The fourth-order valence-electron chi connectivity index (χ4n) is 2.19. The number of nitriles is 1. The Bertz CT molecular complexity index is 645. The molecule has 0 fully saturated rings. The fourth-order valence-corrected chi connectivity index (χ4v) is 2.19. The molecule has 0 bridgehead atoms. The van der Waals surface area contributed by atoms with Gasteiger partial charge in [-0.25, -0.2) is 9.97 Å². The lowest BCUT2D eigenvalue weighted by Crippen LogP contribution is -2.02. The average molecular weight is 252 g/mol. The third-order valence-corrected chi connectivity index (χ3v) is 2.88. The van der Waals surface area contributed by atoms with E-state index in [4.69, 9.17) is 5.26 Å². The van der Waals surface area contributed by atoms with Gasteiger partial charge in [0.05, 0.1) is 0 Å². The van der Waals surface area contributed by atoms with Gasteiger partial charge in [0.1, 0.15) is 23.4 Å². The van der Waals surface area contributed by atoms with Crippen LogP contribution < -0.4 is 5.32 Å². The van der Waals surface area contributed by atoms with Crippen LogP contribution in [0.25, 0.3) is 0 Å². The predicted octanol–water partition coefficient (Wildman–Crippen LogP) is 3.33. The number of aryl methyl sites for hydroxylation is 4. The van der Waals surface area contributed by atoms with Gasteiger partial charge in [0.15, 0.2) is 0 Å². The third-order valence-electron chi connectivity index (χ3n) is 2.88. The normalized spacial score (nSPS) is 10.1. The second-order valence-electron chi connectivity index (χ2n) is 4.70. The second-order valence-corrected chi connectivity index (χ2v) is 4.70. The molecular weight excluding hydrogens is 236 g/mol. The highest BCUT2D eigenvalue weighted by molar-refractivity contribution is 5.65. The van der Waals surface area contributed by atoms with Gasteiger partial charge in [-0.3, -0.25) is 0 Å². The van der Waals surface area contributed by atoms with E-state index in [0.717, 1.165) is 16.8 Å². The van der Waals surface area contributed by atoms with Gasteiger partial charge >= 0.3 is 0 Å². The van der Waals surface area contributed by atoms with Crippen LogP contribution in [0.3, 0.4) is 0 Å². The monoisotopic (exact) mass is 252 g/mol. The highest BCUT2D eigenvalue weighted by atomic mass is 15.0. The van der Waals surface area contributed by atoms with Crippen molar-refractivity contribution in [3.8, 4) is 6.07 Å². The van der Waals surface area contributed by atoms with Crippen LogP contribution in [0.15, 0.2) is 18.2 Å². The molecule has 1 aromatic heterocycles. The minimum atomic E-state index is 0.373. The molecule has 0 saturated heterocycles. The van der Waals surface area contributed by atoms with Crippen LogP contribution in [0.1, 0.15) is 28.2 Å². The Morgan fingerprint density at radius 3 is 2.21 bits per heavy atom. The van der Waals surface area contributed by atoms with Gasteiger partial charge in [-0.15, -0.1) is 0 Å². The summed E-state index contributed by atoms with van der Waals surface area (Å²) in [4.78, 5) is 8.35. The van der Waals surface area contributed by atoms with Gasteiger partial charge in [-0.1, -0.05) is 17.7 Å². The van der Waals surface area contributed by atoms with Crippen molar-refractivity contribution in [2.45, 2.75) is 27.7 Å². The standard InChI is InChI=1S/C15H16N4/c1-9-5-10(2)15(11(3)6-9)19-14-7-13(8-16)17-12(4)18-14/h5-7H,1-4H3,(H,17,18,19). The molecule has 19 heavy (non-hydrogen) atoms. The Morgan fingerprint density at radius 2 is 1.63 bits per heavy atom. The van der Waals surface area contributed by atoms with Crippen molar-refractivity contribution < 1.29 is 0 Å². The minimum Gasteiger partial charge on any atom is -0.340 e. The highest BCUT2D eigenvalue weighted by Crippen LogP contribution is 2.25. The lowest BCUT2D eigenvalue weighted by Gasteiger charge is -2.13. The first-order valence-electron chi connectivity index (χ1n) is 6.10. The van der Waals surface area contributed by atoms with Crippen molar-refractivity contribution in [2.24, 2.45) is 0 Å². The lowest BCUT2D eigenvalue weighted by molar-refractivity contribution is 1.04. The second kappa shape index (κ2) is 5.07. The van der Waals surface area contributed by atoms with Crippen LogP contribution in [-0.4, -0.2) is 9.97 Å². The maximum atomic E-state index is 8.93. The number of anilines is 2. The first kappa shape index (κ1) is 13.0. The number of nitrogens with zero attached hydrogens (tertiary/aromatic N) is 3. The summed E-state index contributed by atoms with van der Waals surface area (Å²) in [6.07, 6.45) is 0. The van der Waals surface area contributed by atoms with Crippen molar-refractivity contribution in [1.29, 1.82) is 5.26 Å². The molecule has 0 aliphatic carbocycles. The van der Waals surface area contributed by atoms with E-state index < -0.39 is 0 Å². The van der Waals surface area contributed by atoms with E-state index in [1.54, 1.807) is 13.0 Å². The first-order valence-corrected chi connectivity index (χ1v) is 6.10. The highest BCUT2D eigenvalue weighted by Gasteiger charge is 2.07. The van der Waals surface area contributed by atoms with E-state index in [-0.39, 0.29) is 0 Å². The summed E-state index contributed by atoms with van der Waals surface area (Å²) in [5.41, 5.74) is 4.96. The Labute approximate surface area is 113 Å². The van der Waals surface area contributed by atoms with Crippen LogP contribution in [-0.2, 0) is 0 Å². The van der Waals surface area contributed by atoms with E-state index in [1.807, 2.05) is 6.07 Å². The number of hydrogen-bond acceptors (Lipinski definition) is 4. The summed E-state index contributed by atoms with van der Waals surface area (Å²) in [6.45, 7) is 7.97. The predicted molar refractivity (Wildman–Crippen MR) is 75.4 cm³/mol. The summed E-state index contributed by atoms with van der Waals surface area (Å²) >= 11 is 0. The van der Waals surface area contributed by atoms with Gasteiger partial charge < -0.3 is 5.32 Å². The molecule has 2 aromatic rings. The molecule has 0 atom stereocenters. The quantitative estimate of drug-likeness (QED) is 0.890. The smallest absolute Gasteiger partial charge is 0.146 e. The van der Waals surface area contributed by atoms with Crippen molar-refractivity contribution in [3.05, 3.63) is 46.4 Å². The van der Waals surface area contributed by atoms with E-state index in [0.29, 0.717) is 17.3 Å². The molecule has 0 unspecified atom stereocenters. The summed E-state index contributed by atoms with van der Waals surface area (Å²) in [5.74, 6) is 1.24. The van der Waals surface area contributed by atoms with Gasteiger partial charge in [0.25, 0.3) is 0 Å². The first-order chi connectivity index (χ1) is 8.99. The van der Waals surface area contributed by atoms with Crippen molar-refractivity contribution in [1.82, 2.24) is 9.97 Å². The molecule has 96 valence electrons. The molecule has 0 amide bonds. The van der Waals surface area contributed by atoms with Crippen LogP contribution in [0, 0.1) is 39.0 Å². The maximum absolute atomic E-state index is 8.93. The topological polar surface area (TPSA) is 61.6 Å². The maximum Gasteiger partial charge on any atom is 0.146 e. The molecule has 4 nitrogen and oxygen atoms in total. The fraction of sp³-hybridized carbons (Fsp3) is 0.267. The third kappa shape index (κ3) is 2.89. The van der Waals surface area contributed by atoms with E-state index in [1.165, 1.54) is 5.56 Å². The summed E-state index contributed by atoms with van der Waals surface area (Å²) < 4.78 is 0. The molecule has 0 aliphatic heterocycles. The molecule has 1 N–H and O–H groups in total. The van der Waals surface area contributed by atoms with Crippen molar-refractivity contribution in [3.63, 3.8) is 0 Å². The molecule has 1 heterocycles. The summed E-state index contributed by atoms with van der Waals surface area (Å²) in [7, 11) is 0. The minimum absolute atomic E-state index is 0.373. The number of hydrogen-bond donors (Lipinski definition) is 1. The molecular formula is C15H16N4. The van der Waals surface area contributed by atoms with Gasteiger partial charge in [-0.2, -0.15) is 5.26 Å².